The van der Waals surface area contributed by atoms with Gasteiger partial charge in [0.25, 0.3) is 0 Å². The molecule has 0 fully saturated rings. The molecule has 1 aromatic rings. The first-order valence-electron chi connectivity index (χ1n) is 2.89. The van der Waals surface area contributed by atoms with Gasteiger partial charge in [-0.25, -0.2) is 4.79 Å². The van der Waals surface area contributed by atoms with Gasteiger partial charge in [-0.1, -0.05) is 6.07 Å². The van der Waals surface area contributed by atoms with E-state index in [1.807, 2.05) is 0 Å². The molecule has 66 valence electrons. The van der Waals surface area contributed by atoms with Gasteiger partial charge >= 0.3 is 12.6 Å². The summed E-state index contributed by atoms with van der Waals surface area (Å²) in [5, 5.41) is 1.62. The summed E-state index contributed by atoms with van der Waals surface area (Å²) in [7, 11) is 0. The molecule has 0 aliphatic carbocycles. The molecule has 0 aliphatic rings. The van der Waals surface area contributed by atoms with E-state index in [9.17, 15) is 13.6 Å². The van der Waals surface area contributed by atoms with Crippen LogP contribution < -0.4 is 0 Å². The zero-order chi connectivity index (χ0) is 8.97. The summed E-state index contributed by atoms with van der Waals surface area (Å²) in [5.41, 5.74) is 0. The minimum Gasteiger partial charge on any atom is -0.286 e. The van der Waals surface area contributed by atoms with Crippen LogP contribution in [0, 0.1) is 0 Å². The van der Waals surface area contributed by atoms with E-state index in [1.54, 1.807) is 11.4 Å². The molecule has 0 saturated heterocycles. The van der Waals surface area contributed by atoms with Crippen LogP contribution in [0.1, 0.15) is 9.67 Å². The van der Waals surface area contributed by atoms with Crippen molar-refractivity contribution in [3.05, 3.63) is 22.4 Å². The van der Waals surface area contributed by atoms with E-state index < -0.39 is 12.6 Å². The smallest absolute Gasteiger partial charge is 0.286 e. The number of carbonyl (C=O) groups is 1. The van der Waals surface area contributed by atoms with Crippen LogP contribution in [0.4, 0.5) is 8.78 Å². The van der Waals surface area contributed by atoms with E-state index in [1.165, 1.54) is 6.07 Å². The minimum absolute atomic E-state index is 0.218. The summed E-state index contributed by atoms with van der Waals surface area (Å²) in [5.74, 6) is -0.912. The average Bonchev–Trinajstić information content (AvgIpc) is 2.51. The Morgan fingerprint density at radius 1 is 1.58 bits per heavy atom. The molecule has 0 atom stereocenters. The van der Waals surface area contributed by atoms with Crippen LogP contribution in [0.2, 0.25) is 0 Å². The SMILES string of the molecule is O=C(OOC(F)F)c1cccs1. The zero-order valence-electron chi connectivity index (χ0n) is 5.70. The highest BCUT2D eigenvalue weighted by molar-refractivity contribution is 7.11. The Hall–Kier alpha value is -1.01. The molecular weight excluding hydrogens is 190 g/mol. The molecule has 1 heterocycles. The van der Waals surface area contributed by atoms with Gasteiger partial charge in [0.15, 0.2) is 0 Å². The Bertz CT molecular complexity index is 247. The third-order valence-corrected chi connectivity index (χ3v) is 1.77. The van der Waals surface area contributed by atoms with Crippen LogP contribution in [-0.4, -0.2) is 12.6 Å². The monoisotopic (exact) mass is 194 g/mol. The molecule has 0 spiro atoms. The number of carbonyl (C=O) groups excluding carboxylic acids is 1. The van der Waals surface area contributed by atoms with Crippen molar-refractivity contribution in [2.24, 2.45) is 0 Å². The molecule has 0 saturated carbocycles. The molecule has 0 bridgehead atoms. The second kappa shape index (κ2) is 4.13. The van der Waals surface area contributed by atoms with Gasteiger partial charge in [-0.3, -0.25) is 4.89 Å². The second-order valence-electron chi connectivity index (χ2n) is 1.70. The van der Waals surface area contributed by atoms with Crippen molar-refractivity contribution < 1.29 is 23.4 Å². The molecule has 0 aliphatic heterocycles. The molecule has 3 nitrogen and oxygen atoms in total. The maximum absolute atomic E-state index is 11.3. The Balaban J connectivity index is 2.40. The van der Waals surface area contributed by atoms with Gasteiger partial charge in [-0.15, -0.1) is 16.2 Å². The maximum atomic E-state index is 11.3. The van der Waals surface area contributed by atoms with Crippen LogP contribution in [0.15, 0.2) is 17.5 Å². The predicted molar refractivity (Wildman–Crippen MR) is 36.8 cm³/mol. The van der Waals surface area contributed by atoms with E-state index in [-0.39, 0.29) is 4.88 Å². The standard InChI is InChI=1S/C6H4F2O3S/c7-6(8)11-10-5(9)4-2-1-3-12-4/h1-3,6H. The van der Waals surface area contributed by atoms with Gasteiger partial charge < -0.3 is 0 Å². The summed E-state index contributed by atoms with van der Waals surface area (Å²) in [6.45, 7) is -3.10. The number of rotatable bonds is 3. The van der Waals surface area contributed by atoms with Gasteiger partial charge in [0.1, 0.15) is 4.88 Å². The second-order valence-corrected chi connectivity index (χ2v) is 2.65. The fraction of sp³-hybridized carbons (Fsp3) is 0.167. The molecule has 12 heavy (non-hydrogen) atoms. The highest BCUT2D eigenvalue weighted by atomic mass is 32.1. The lowest BCUT2D eigenvalue weighted by Crippen LogP contribution is -2.07. The minimum atomic E-state index is -3.10. The zero-order valence-corrected chi connectivity index (χ0v) is 6.51. The predicted octanol–water partition coefficient (Wildman–Crippen LogP) is 2.06. The fourth-order valence-electron chi connectivity index (χ4n) is 0.516. The van der Waals surface area contributed by atoms with Crippen LogP contribution in [0.5, 0.6) is 0 Å². The summed E-state index contributed by atoms with van der Waals surface area (Å²) < 4.78 is 22.7. The van der Waals surface area contributed by atoms with Crippen molar-refractivity contribution >= 4 is 17.3 Å². The van der Waals surface area contributed by atoms with Crippen molar-refractivity contribution in [3.8, 4) is 0 Å². The van der Waals surface area contributed by atoms with E-state index in [0.29, 0.717) is 0 Å². The summed E-state index contributed by atoms with van der Waals surface area (Å²) in [6, 6.07) is 3.05. The molecular formula is C6H4F2O3S. The molecule has 0 aromatic carbocycles. The molecule has 1 rings (SSSR count). The first-order chi connectivity index (χ1) is 5.70. The largest absolute Gasteiger partial charge is 0.383 e. The summed E-state index contributed by atoms with van der Waals surface area (Å²) in [6.07, 6.45) is 0. The maximum Gasteiger partial charge on any atom is 0.383 e. The number of thiophene rings is 1. The van der Waals surface area contributed by atoms with Gasteiger partial charge in [0, 0.05) is 0 Å². The molecule has 0 radical (unpaired) electrons. The van der Waals surface area contributed by atoms with Crippen molar-refractivity contribution in [3.63, 3.8) is 0 Å². The Labute approximate surface area is 70.5 Å². The van der Waals surface area contributed by atoms with Crippen molar-refractivity contribution in [2.75, 3.05) is 0 Å². The van der Waals surface area contributed by atoms with Gasteiger partial charge in [-0.2, -0.15) is 8.78 Å². The van der Waals surface area contributed by atoms with Crippen LogP contribution in [0.25, 0.3) is 0 Å². The lowest BCUT2D eigenvalue weighted by atomic mass is 10.5. The van der Waals surface area contributed by atoms with E-state index in [0.717, 1.165) is 11.3 Å². The molecule has 0 amide bonds. The average molecular weight is 194 g/mol. The molecule has 0 unspecified atom stereocenters. The highest BCUT2D eigenvalue weighted by Crippen LogP contribution is 2.10. The molecule has 0 N–H and O–H groups in total. The fourth-order valence-corrected chi connectivity index (χ4v) is 1.11. The van der Waals surface area contributed by atoms with Gasteiger partial charge in [0.2, 0.25) is 0 Å². The van der Waals surface area contributed by atoms with E-state index in [4.69, 9.17) is 0 Å². The van der Waals surface area contributed by atoms with Gasteiger partial charge in [0.05, 0.1) is 0 Å². The first kappa shape index (κ1) is 9.08. The Kier molecular flexibility index (Phi) is 3.12. The third-order valence-electron chi connectivity index (χ3n) is 0.919. The van der Waals surface area contributed by atoms with Crippen molar-refractivity contribution in [1.29, 1.82) is 0 Å². The molecule has 1 aromatic heterocycles. The van der Waals surface area contributed by atoms with Crippen LogP contribution in [0.3, 0.4) is 0 Å². The van der Waals surface area contributed by atoms with Crippen molar-refractivity contribution in [1.82, 2.24) is 0 Å². The number of alkyl halides is 2. The Morgan fingerprint density at radius 3 is 2.83 bits per heavy atom. The number of hydrogen-bond acceptors (Lipinski definition) is 4. The lowest BCUT2D eigenvalue weighted by Gasteiger charge is -1.98. The van der Waals surface area contributed by atoms with Crippen molar-refractivity contribution in [2.45, 2.75) is 6.61 Å². The third kappa shape index (κ3) is 2.55. The quantitative estimate of drug-likeness (QED) is 0.545. The van der Waals surface area contributed by atoms with E-state index >= 15 is 0 Å². The summed E-state index contributed by atoms with van der Waals surface area (Å²) in [4.78, 5) is 18.1. The van der Waals surface area contributed by atoms with Crippen LogP contribution >= 0.6 is 11.3 Å². The normalized spacial score (nSPS) is 10.2. The first-order valence-corrected chi connectivity index (χ1v) is 3.77. The summed E-state index contributed by atoms with van der Waals surface area (Å²) >= 11 is 1.08. The topological polar surface area (TPSA) is 35.5 Å². The number of hydrogen-bond donors (Lipinski definition) is 0. The highest BCUT2D eigenvalue weighted by Gasteiger charge is 2.12. The van der Waals surface area contributed by atoms with Crippen LogP contribution in [-0.2, 0) is 9.78 Å². The van der Waals surface area contributed by atoms with E-state index in [2.05, 4.69) is 9.78 Å². The number of halogens is 2. The van der Waals surface area contributed by atoms with Gasteiger partial charge in [-0.05, 0) is 11.4 Å². The Morgan fingerprint density at radius 2 is 2.33 bits per heavy atom. The molecule has 6 heteroatoms. The lowest BCUT2D eigenvalue weighted by molar-refractivity contribution is -0.343.